The fraction of sp³-hybridized carbons (Fsp3) is 0.500. The maximum atomic E-state index is 12.1. The van der Waals surface area contributed by atoms with Gasteiger partial charge in [-0.2, -0.15) is 11.8 Å². The molecule has 0 aromatic heterocycles. The largest absolute Gasteiger partial charge is 0.496 e. The van der Waals surface area contributed by atoms with Gasteiger partial charge in [-0.15, -0.1) is 0 Å². The van der Waals surface area contributed by atoms with Crippen molar-refractivity contribution in [1.82, 2.24) is 4.72 Å². The summed E-state index contributed by atoms with van der Waals surface area (Å²) >= 11 is 4.70. The second kappa shape index (κ2) is 7.13. The molecule has 0 saturated heterocycles. The molecule has 20 heavy (non-hydrogen) atoms. The fourth-order valence-corrected chi connectivity index (χ4v) is 4.11. The number of hydrogen-bond acceptors (Lipinski definition) is 5. The average Bonchev–Trinajstić information content (AvgIpc) is 2.36. The number of rotatable bonds is 7. The molecule has 1 aromatic carbocycles. The molecule has 0 aliphatic heterocycles. The Bertz CT molecular complexity index is 561. The van der Waals surface area contributed by atoms with E-state index in [1.807, 2.05) is 6.26 Å². The van der Waals surface area contributed by atoms with E-state index in [0.29, 0.717) is 16.0 Å². The molecule has 0 spiro atoms. The second-order valence-corrected chi connectivity index (χ2v) is 8.04. The van der Waals surface area contributed by atoms with Crippen LogP contribution in [-0.2, 0) is 10.0 Å². The van der Waals surface area contributed by atoms with Gasteiger partial charge in [0.25, 0.3) is 0 Å². The van der Waals surface area contributed by atoms with E-state index in [1.165, 1.54) is 31.0 Å². The first-order valence-corrected chi connectivity index (χ1v) is 9.43. The Balaban J connectivity index is 2.87. The van der Waals surface area contributed by atoms with E-state index in [2.05, 4.69) is 20.7 Å². The van der Waals surface area contributed by atoms with Crippen LogP contribution in [0.25, 0.3) is 0 Å². The van der Waals surface area contributed by atoms with Crippen LogP contribution in [-0.4, -0.2) is 44.8 Å². The van der Waals surface area contributed by atoms with Crippen molar-refractivity contribution in [2.24, 2.45) is 0 Å². The maximum absolute atomic E-state index is 12.1. The van der Waals surface area contributed by atoms with Gasteiger partial charge in [-0.25, -0.2) is 13.1 Å². The smallest absolute Gasteiger partial charge is 0.240 e. The number of hydrogen-bond donors (Lipinski definition) is 2. The Kier molecular flexibility index (Phi) is 6.33. The SMILES string of the molecule is COc1ccc(S(=O)(=O)NCC(C)(O)CSC)cc1Br. The first kappa shape index (κ1) is 17.8. The Hall–Kier alpha value is -0.280. The van der Waals surface area contributed by atoms with E-state index in [-0.39, 0.29) is 11.4 Å². The molecule has 0 bridgehead atoms. The molecule has 0 fully saturated rings. The highest BCUT2D eigenvalue weighted by molar-refractivity contribution is 9.10. The van der Waals surface area contributed by atoms with Crippen LogP contribution < -0.4 is 9.46 Å². The summed E-state index contributed by atoms with van der Waals surface area (Å²) in [5.41, 5.74) is -1.09. The molecular weight excluding hydrogens is 366 g/mol. The fourth-order valence-electron chi connectivity index (χ4n) is 1.51. The summed E-state index contributed by atoms with van der Waals surface area (Å²) in [6.07, 6.45) is 1.85. The minimum atomic E-state index is -3.66. The molecule has 0 saturated carbocycles. The van der Waals surface area contributed by atoms with E-state index in [9.17, 15) is 13.5 Å². The van der Waals surface area contributed by atoms with Crippen LogP contribution in [0.4, 0.5) is 0 Å². The Morgan fingerprint density at radius 1 is 1.50 bits per heavy atom. The summed E-state index contributed by atoms with van der Waals surface area (Å²) in [6, 6.07) is 4.48. The molecule has 0 aliphatic carbocycles. The van der Waals surface area contributed by atoms with Gasteiger partial charge in [-0.3, -0.25) is 0 Å². The topological polar surface area (TPSA) is 75.6 Å². The molecule has 1 unspecified atom stereocenters. The van der Waals surface area contributed by atoms with Gasteiger partial charge >= 0.3 is 0 Å². The van der Waals surface area contributed by atoms with Crippen molar-refractivity contribution in [2.45, 2.75) is 17.4 Å². The first-order valence-electron chi connectivity index (χ1n) is 5.76. The van der Waals surface area contributed by atoms with Crippen molar-refractivity contribution in [2.75, 3.05) is 25.7 Å². The Morgan fingerprint density at radius 3 is 2.65 bits per heavy atom. The van der Waals surface area contributed by atoms with E-state index in [4.69, 9.17) is 4.74 Å². The number of ether oxygens (including phenoxy) is 1. The third-order valence-corrected chi connectivity index (χ3v) is 5.46. The molecule has 0 radical (unpaired) electrons. The van der Waals surface area contributed by atoms with Crippen LogP contribution in [0.3, 0.4) is 0 Å². The lowest BCUT2D eigenvalue weighted by atomic mass is 10.1. The maximum Gasteiger partial charge on any atom is 0.240 e. The van der Waals surface area contributed by atoms with Gasteiger partial charge in [0.15, 0.2) is 0 Å². The first-order chi connectivity index (χ1) is 9.22. The zero-order valence-corrected chi connectivity index (χ0v) is 14.7. The molecular formula is C12H18BrNO4S2. The van der Waals surface area contributed by atoms with E-state index in [0.717, 1.165) is 0 Å². The van der Waals surface area contributed by atoms with Crippen molar-refractivity contribution in [3.05, 3.63) is 22.7 Å². The molecule has 0 heterocycles. The number of methoxy groups -OCH3 is 1. The van der Waals surface area contributed by atoms with Crippen LogP contribution >= 0.6 is 27.7 Å². The zero-order chi connectivity index (χ0) is 15.4. The van der Waals surface area contributed by atoms with Gasteiger partial charge in [-0.1, -0.05) is 0 Å². The van der Waals surface area contributed by atoms with Crippen LogP contribution in [0.2, 0.25) is 0 Å². The second-order valence-electron chi connectivity index (χ2n) is 4.55. The van der Waals surface area contributed by atoms with Crippen LogP contribution in [0.15, 0.2) is 27.6 Å². The van der Waals surface area contributed by atoms with Crippen molar-refractivity contribution in [1.29, 1.82) is 0 Å². The van der Waals surface area contributed by atoms with Crippen molar-refractivity contribution in [3.63, 3.8) is 0 Å². The summed E-state index contributed by atoms with van der Waals surface area (Å²) in [7, 11) is -2.16. The van der Waals surface area contributed by atoms with Gasteiger partial charge in [0, 0.05) is 12.3 Å². The number of sulfonamides is 1. The number of thioether (sulfide) groups is 1. The van der Waals surface area contributed by atoms with E-state index < -0.39 is 15.6 Å². The zero-order valence-electron chi connectivity index (χ0n) is 11.5. The Morgan fingerprint density at radius 2 is 2.15 bits per heavy atom. The Labute approximate surface area is 132 Å². The van der Waals surface area contributed by atoms with Gasteiger partial charge in [0.1, 0.15) is 5.75 Å². The number of halogens is 1. The highest BCUT2D eigenvalue weighted by Crippen LogP contribution is 2.27. The number of benzene rings is 1. The minimum Gasteiger partial charge on any atom is -0.496 e. The van der Waals surface area contributed by atoms with Crippen LogP contribution in [0, 0.1) is 0 Å². The summed E-state index contributed by atoms with van der Waals surface area (Å²) in [5, 5.41) is 9.98. The molecule has 2 N–H and O–H groups in total. The highest BCUT2D eigenvalue weighted by atomic mass is 79.9. The van der Waals surface area contributed by atoms with Crippen LogP contribution in [0.5, 0.6) is 5.75 Å². The molecule has 0 aliphatic rings. The lowest BCUT2D eigenvalue weighted by Crippen LogP contribution is -2.42. The third-order valence-electron chi connectivity index (χ3n) is 2.53. The van der Waals surface area contributed by atoms with E-state index in [1.54, 1.807) is 13.0 Å². The standard InChI is InChI=1S/C12H18BrNO4S2/c1-12(15,8-19-3)7-14-20(16,17)9-4-5-11(18-2)10(13)6-9/h4-6,14-15H,7-8H2,1-3H3. The quantitative estimate of drug-likeness (QED) is 0.751. The predicted octanol–water partition coefficient (Wildman–Crippen LogP) is 1.85. The molecule has 0 amide bonds. The number of nitrogens with one attached hydrogen (secondary N) is 1. The molecule has 5 nitrogen and oxygen atoms in total. The summed E-state index contributed by atoms with van der Waals surface area (Å²) in [4.78, 5) is 0.116. The molecule has 114 valence electrons. The molecule has 1 atom stereocenters. The third kappa shape index (κ3) is 4.92. The lowest BCUT2D eigenvalue weighted by molar-refractivity contribution is 0.0908. The van der Waals surface area contributed by atoms with Gasteiger partial charge in [-0.05, 0) is 47.3 Å². The summed E-state index contributed by atoms with van der Waals surface area (Å²) in [6.45, 7) is 1.55. The monoisotopic (exact) mass is 383 g/mol. The van der Waals surface area contributed by atoms with Gasteiger partial charge in [0.2, 0.25) is 10.0 Å². The summed E-state index contributed by atoms with van der Waals surface area (Å²) in [5.74, 6) is 1.00. The highest BCUT2D eigenvalue weighted by Gasteiger charge is 2.24. The van der Waals surface area contributed by atoms with Crippen LogP contribution in [0.1, 0.15) is 6.92 Å². The summed E-state index contributed by atoms with van der Waals surface area (Å²) < 4.78 is 32.3. The van der Waals surface area contributed by atoms with E-state index >= 15 is 0 Å². The minimum absolute atomic E-state index is 0.0418. The van der Waals surface area contributed by atoms with Crippen molar-refractivity contribution in [3.8, 4) is 5.75 Å². The molecule has 8 heteroatoms. The molecule has 1 aromatic rings. The predicted molar refractivity (Wildman–Crippen MR) is 84.9 cm³/mol. The van der Waals surface area contributed by atoms with Gasteiger partial charge < -0.3 is 9.84 Å². The van der Waals surface area contributed by atoms with Gasteiger partial charge in [0.05, 0.1) is 22.1 Å². The molecule has 1 rings (SSSR count). The average molecular weight is 384 g/mol. The van der Waals surface area contributed by atoms with Crippen molar-refractivity contribution >= 4 is 37.7 Å². The lowest BCUT2D eigenvalue weighted by Gasteiger charge is -2.22. The number of aliphatic hydroxyl groups is 1. The normalized spacial score (nSPS) is 14.8. The van der Waals surface area contributed by atoms with Crippen molar-refractivity contribution < 1.29 is 18.3 Å².